The summed E-state index contributed by atoms with van der Waals surface area (Å²) in [7, 11) is 5.02. The van der Waals surface area contributed by atoms with E-state index >= 15 is 0 Å². The van der Waals surface area contributed by atoms with Crippen molar-refractivity contribution < 1.29 is 1.37 Å². The van der Waals surface area contributed by atoms with Gasteiger partial charge in [-0.2, -0.15) is 0 Å². The predicted octanol–water partition coefficient (Wildman–Crippen LogP) is 1.18. The lowest BCUT2D eigenvalue weighted by Crippen LogP contribution is -1.70. The molecule has 0 aliphatic rings. The molecular formula is CH3B2IP. The van der Waals surface area contributed by atoms with E-state index < -0.39 is 6.20 Å². The third-order valence-corrected chi connectivity index (χ3v) is 1.56. The summed E-state index contributed by atoms with van der Waals surface area (Å²) < 4.78 is 6.70. The molecule has 0 aliphatic heterocycles. The maximum Gasteiger partial charge on any atom is 0.147 e. The fourth-order valence-corrected chi connectivity index (χ4v) is 0.732. The molecule has 0 N–H and O–H groups in total. The van der Waals surface area contributed by atoms with E-state index in [1.807, 2.05) is 0 Å². The first-order chi connectivity index (χ1) is 2.77. The Kier molecular flexibility index (Phi) is 4.71. The summed E-state index contributed by atoms with van der Waals surface area (Å²) in [4.78, 5) is 0. The second-order valence-corrected chi connectivity index (χ2v) is 2.89. The summed E-state index contributed by atoms with van der Waals surface area (Å²) in [6.45, 7) is 1.75. The first-order valence-corrected chi connectivity index (χ1v) is 5.34. The van der Waals surface area contributed by atoms with Crippen molar-refractivity contribution in [1.29, 1.82) is 0 Å². The van der Waals surface area contributed by atoms with Crippen molar-refractivity contribution >= 4 is 43.0 Å². The van der Waals surface area contributed by atoms with Gasteiger partial charge in [-0.1, -0.05) is 28.1 Å². The van der Waals surface area contributed by atoms with Crippen molar-refractivity contribution in [3.63, 3.8) is 0 Å². The molecule has 0 aromatic heterocycles. The maximum absolute atomic E-state index is 6.70. The van der Waals surface area contributed by atoms with Crippen molar-refractivity contribution in [2.45, 2.75) is 6.20 Å². The van der Waals surface area contributed by atoms with Gasteiger partial charge in [0.25, 0.3) is 0 Å². The Hall–Kier alpha value is 1.29. The Balaban J connectivity index is 2.63. The topological polar surface area (TPSA) is 0 Å². The van der Waals surface area contributed by atoms with Crippen molar-refractivity contribution in [1.82, 2.24) is 0 Å². The average Bonchev–Trinajstić information content (AvgIpc) is 1.35. The fourth-order valence-electron chi connectivity index (χ4n) is 0.0364. The van der Waals surface area contributed by atoms with Gasteiger partial charge < -0.3 is 0 Å². The highest BCUT2D eigenvalue weighted by Crippen LogP contribution is 2.17. The van der Waals surface area contributed by atoms with Crippen LogP contribution in [0.2, 0.25) is 6.20 Å². The molecule has 0 aliphatic carbocycles. The van der Waals surface area contributed by atoms with Crippen LogP contribution < -0.4 is 0 Å². The van der Waals surface area contributed by atoms with Crippen LogP contribution in [0, 0.1) is 0 Å². The molecule has 0 saturated carbocycles. The molecule has 4 heteroatoms. The van der Waals surface area contributed by atoms with Crippen molar-refractivity contribution in [3.8, 4) is 0 Å². The zero-order valence-electron chi connectivity index (χ0n) is 3.61. The molecule has 3 radical (unpaired) electrons. The zero-order valence-corrected chi connectivity index (χ0v) is 5.77. The molecular weight excluding hydrogens is 192 g/mol. The highest BCUT2D eigenvalue weighted by atomic mass is 127. The van der Waals surface area contributed by atoms with Gasteiger partial charge in [0.05, 0.1) is 7.85 Å². The Morgan fingerprint density at radius 1 is 2.40 bits per heavy atom. The van der Waals surface area contributed by atoms with Crippen molar-refractivity contribution in [3.05, 3.63) is 0 Å². The Morgan fingerprint density at radius 2 is 3.00 bits per heavy atom. The van der Waals surface area contributed by atoms with E-state index in [1.54, 1.807) is 7.00 Å². The van der Waals surface area contributed by atoms with Gasteiger partial charge in [-0.05, 0) is 0 Å². The molecule has 5 heavy (non-hydrogen) atoms. The Bertz CT molecular complexity index is 34.7. The number of hydrogen-bond acceptors (Lipinski definition) is 0. The van der Waals surface area contributed by atoms with E-state index in [2.05, 4.69) is 22.0 Å². The van der Waals surface area contributed by atoms with Crippen LogP contribution in [0.1, 0.15) is 1.37 Å². The monoisotopic (exact) mass is 196 g/mol. The molecule has 0 rings (SSSR count). The Morgan fingerprint density at radius 3 is 3.00 bits per heavy atom. The average molecular weight is 196 g/mol. The number of hydrogen-bond donors (Lipinski definition) is 0. The van der Waals surface area contributed by atoms with E-state index in [-0.39, 0.29) is 0 Å². The minimum Gasteiger partial charge on any atom is -0.109 e. The van der Waals surface area contributed by atoms with Gasteiger partial charge >= 0.3 is 0 Å². The lowest BCUT2D eigenvalue weighted by molar-refractivity contribution is 2.13. The second kappa shape index (κ2) is 5.29. The molecule has 0 spiro atoms. The van der Waals surface area contributed by atoms with Crippen LogP contribution in [0.25, 0.3) is 0 Å². The molecule has 0 fully saturated rings. The lowest BCUT2D eigenvalue weighted by Gasteiger charge is -1.74. The number of rotatable bonds is 2. The number of halogens is 1. The van der Waals surface area contributed by atoms with E-state index in [0.717, 1.165) is 0 Å². The third kappa shape index (κ3) is 5.29. The van der Waals surface area contributed by atoms with Crippen molar-refractivity contribution in [2.75, 3.05) is 0 Å². The van der Waals surface area contributed by atoms with E-state index in [4.69, 9.17) is 9.22 Å². The molecule has 0 aromatic rings. The van der Waals surface area contributed by atoms with E-state index in [0.29, 0.717) is 6.10 Å². The molecule has 0 heterocycles. The molecule has 0 aromatic carbocycles. The van der Waals surface area contributed by atoms with Crippen molar-refractivity contribution in [2.24, 2.45) is 0 Å². The summed E-state index contributed by atoms with van der Waals surface area (Å²) in [5, 5.41) is 0. The van der Waals surface area contributed by atoms with Crippen LogP contribution in [-0.2, 0) is 0 Å². The summed E-state index contributed by atoms with van der Waals surface area (Å²) >= 11 is 2.17. The van der Waals surface area contributed by atoms with Gasteiger partial charge in [0, 0.05) is 1.37 Å². The van der Waals surface area contributed by atoms with Crippen LogP contribution in [-0.4, -0.2) is 14.8 Å². The highest BCUT2D eigenvalue weighted by Gasteiger charge is 1.73. The largest absolute Gasteiger partial charge is 0.147 e. The summed E-state index contributed by atoms with van der Waals surface area (Å²) in [6, 6.07) is 0. The fraction of sp³-hybridized carbons (Fsp3) is 1.00. The van der Waals surface area contributed by atoms with Gasteiger partial charge in [-0.25, -0.2) is 0 Å². The predicted molar refractivity (Wildman–Crippen MR) is 38.6 cm³/mol. The summed E-state index contributed by atoms with van der Waals surface area (Å²) in [5.74, 6) is 0. The standard InChI is InChI=1S/CH3B2IP/c2-1-3-5-4/h5H,1H2/i1D. The lowest BCUT2D eigenvalue weighted by atomic mass is 9.86. The molecule has 2 atom stereocenters. The van der Waals surface area contributed by atoms with Gasteiger partial charge in [-0.15, -0.1) is 6.20 Å². The quantitative estimate of drug-likeness (QED) is 0.353. The van der Waals surface area contributed by atoms with Crippen LogP contribution in [0.15, 0.2) is 0 Å². The van der Waals surface area contributed by atoms with E-state index in [9.17, 15) is 0 Å². The van der Waals surface area contributed by atoms with Gasteiger partial charge in [0.15, 0.2) is 0 Å². The normalized spacial score (nSPS) is 19.0. The second-order valence-electron chi connectivity index (χ2n) is 0.468. The first kappa shape index (κ1) is 4.45. The summed E-state index contributed by atoms with van der Waals surface area (Å²) in [5.41, 5.74) is 0. The molecule has 0 bridgehead atoms. The minimum atomic E-state index is -0.472. The highest BCUT2D eigenvalue weighted by molar-refractivity contribution is 14.2. The molecule has 2 unspecified atom stereocenters. The maximum atomic E-state index is 6.70. The smallest absolute Gasteiger partial charge is 0.109 e. The SMILES string of the molecule is [2H]C([B])[B]PI. The van der Waals surface area contributed by atoms with Crippen LogP contribution in [0.3, 0.4) is 0 Å². The third-order valence-electron chi connectivity index (χ3n) is 0.159. The van der Waals surface area contributed by atoms with Gasteiger partial charge in [0.1, 0.15) is 7.00 Å². The van der Waals surface area contributed by atoms with Gasteiger partial charge in [0.2, 0.25) is 0 Å². The zero-order chi connectivity index (χ0) is 4.99. The molecule has 25 valence electrons. The van der Waals surface area contributed by atoms with E-state index in [1.165, 1.54) is 0 Å². The first-order valence-electron chi connectivity index (χ1n) is 1.72. The van der Waals surface area contributed by atoms with Crippen LogP contribution in [0.4, 0.5) is 0 Å². The minimum absolute atomic E-state index is 0.472. The van der Waals surface area contributed by atoms with Crippen LogP contribution in [0.5, 0.6) is 0 Å². The molecule has 0 amide bonds. The van der Waals surface area contributed by atoms with Crippen LogP contribution >= 0.6 is 28.1 Å². The Labute approximate surface area is 50.8 Å². The van der Waals surface area contributed by atoms with Gasteiger partial charge in [-0.3, -0.25) is 0 Å². The molecule has 0 nitrogen and oxygen atoms in total. The summed E-state index contributed by atoms with van der Waals surface area (Å²) in [6.07, 6.45) is 0.199. The molecule has 0 saturated heterocycles.